The molecular formula is C15H22N2O5. The van der Waals surface area contributed by atoms with Crippen molar-refractivity contribution in [2.24, 2.45) is 0 Å². The van der Waals surface area contributed by atoms with Gasteiger partial charge in [-0.25, -0.2) is 0 Å². The van der Waals surface area contributed by atoms with Crippen LogP contribution in [-0.4, -0.2) is 42.3 Å². The molecule has 1 aromatic rings. The maximum absolute atomic E-state index is 11.9. The number of hydrogen-bond donors (Lipinski definition) is 3. The van der Waals surface area contributed by atoms with Crippen LogP contribution >= 0.6 is 0 Å². The number of hydrogen-bond acceptors (Lipinski definition) is 5. The third-order valence-electron chi connectivity index (χ3n) is 2.92. The molecule has 0 radical (unpaired) electrons. The van der Waals surface area contributed by atoms with E-state index in [0.29, 0.717) is 18.0 Å². The van der Waals surface area contributed by atoms with Crippen LogP contribution in [-0.2, 0) is 9.59 Å². The summed E-state index contributed by atoms with van der Waals surface area (Å²) in [6.45, 7) is 4.16. The smallest absolute Gasteiger partial charge is 0.230 e. The van der Waals surface area contributed by atoms with Gasteiger partial charge in [0.05, 0.1) is 25.1 Å². The topological polar surface area (TPSA) is 115 Å². The first kappa shape index (κ1) is 17.9. The average Bonchev–Trinajstić information content (AvgIpc) is 2.45. The zero-order valence-corrected chi connectivity index (χ0v) is 12.7. The standard InChI is InChI=1S/C15H22N2O5/c1-3-22-12-6-4-11(5-7-12)17-14(19)8-13(15(20)21)16-9-10(2)18/h4-7,10,13,16,18H,3,8-9H2,1-2H3,(H,17,19)(H,20,21)/t10-,13+/m0/s1. The van der Waals surface area contributed by atoms with Gasteiger partial charge in [-0.1, -0.05) is 0 Å². The number of nitrogens with one attached hydrogen (secondary N) is 1. The fourth-order valence-corrected chi connectivity index (χ4v) is 1.84. The number of ether oxygens (including phenoxy) is 1. The van der Waals surface area contributed by atoms with Gasteiger partial charge in [0, 0.05) is 5.69 Å². The summed E-state index contributed by atoms with van der Waals surface area (Å²) in [6, 6.07) is 5.76. The quantitative estimate of drug-likeness (QED) is 0.512. The Kier molecular flexibility index (Phi) is 7.34. The Bertz CT molecular complexity index is 487. The molecule has 1 rings (SSSR count). The number of aliphatic hydroxyl groups is 1. The molecule has 1 aromatic carbocycles. The number of nitrogens with two attached hydrogens (primary N) is 1. The number of aliphatic hydroxyl groups excluding tert-OH is 1. The number of carboxylic acid groups (broad SMARTS) is 1. The minimum atomic E-state index is -1.33. The van der Waals surface area contributed by atoms with E-state index in [2.05, 4.69) is 5.32 Å². The maximum atomic E-state index is 11.9. The molecule has 7 nitrogen and oxygen atoms in total. The number of quaternary nitrogens is 1. The summed E-state index contributed by atoms with van der Waals surface area (Å²) in [6.07, 6.45) is -0.890. The van der Waals surface area contributed by atoms with Crippen LogP contribution in [0.1, 0.15) is 20.3 Å². The zero-order chi connectivity index (χ0) is 16.5. The number of rotatable bonds is 9. The van der Waals surface area contributed by atoms with Crippen LogP contribution in [0, 0.1) is 0 Å². The van der Waals surface area contributed by atoms with E-state index in [-0.39, 0.29) is 13.0 Å². The summed E-state index contributed by atoms with van der Waals surface area (Å²) in [5.74, 6) is -1.07. The van der Waals surface area contributed by atoms with Crippen molar-refractivity contribution in [3.63, 3.8) is 0 Å². The summed E-state index contributed by atoms with van der Waals surface area (Å²) in [7, 11) is 0. The lowest BCUT2D eigenvalue weighted by Gasteiger charge is -2.17. The highest BCUT2D eigenvalue weighted by atomic mass is 16.5. The van der Waals surface area contributed by atoms with Gasteiger partial charge in [0.1, 0.15) is 18.3 Å². The molecule has 0 aromatic heterocycles. The first-order valence-electron chi connectivity index (χ1n) is 7.17. The number of carboxylic acids is 1. The molecule has 0 fully saturated rings. The van der Waals surface area contributed by atoms with Crippen LogP contribution in [0.3, 0.4) is 0 Å². The van der Waals surface area contributed by atoms with E-state index in [1.165, 1.54) is 5.32 Å². The third kappa shape index (κ3) is 6.55. The second kappa shape index (κ2) is 9.01. The van der Waals surface area contributed by atoms with Crippen LogP contribution in [0.4, 0.5) is 5.69 Å². The van der Waals surface area contributed by atoms with Gasteiger partial charge in [0.15, 0.2) is 0 Å². The molecular weight excluding hydrogens is 288 g/mol. The fraction of sp³-hybridized carbons (Fsp3) is 0.467. The highest BCUT2D eigenvalue weighted by Gasteiger charge is 2.19. The number of carbonyl (C=O) groups excluding carboxylic acids is 2. The highest BCUT2D eigenvalue weighted by Crippen LogP contribution is 2.15. The summed E-state index contributed by atoms with van der Waals surface area (Å²) in [4.78, 5) is 22.9. The predicted octanol–water partition coefficient (Wildman–Crippen LogP) is -1.52. The Morgan fingerprint density at radius 3 is 2.50 bits per heavy atom. The van der Waals surface area contributed by atoms with Crippen molar-refractivity contribution in [3.8, 4) is 5.75 Å². The van der Waals surface area contributed by atoms with E-state index in [0.717, 1.165) is 0 Å². The van der Waals surface area contributed by atoms with Gasteiger partial charge in [-0.15, -0.1) is 0 Å². The molecule has 7 heteroatoms. The number of carbonyl (C=O) groups is 2. The Balaban J connectivity index is 2.53. The second-order valence-corrected chi connectivity index (χ2v) is 4.96. The number of benzene rings is 1. The normalized spacial score (nSPS) is 13.2. The molecule has 122 valence electrons. The average molecular weight is 310 g/mol. The lowest BCUT2D eigenvalue weighted by molar-refractivity contribution is -0.687. The molecule has 0 aliphatic heterocycles. The Morgan fingerprint density at radius 1 is 1.36 bits per heavy atom. The van der Waals surface area contributed by atoms with Crippen molar-refractivity contribution in [1.82, 2.24) is 0 Å². The van der Waals surface area contributed by atoms with Crippen molar-refractivity contribution < 1.29 is 29.9 Å². The molecule has 0 aliphatic rings. The minimum Gasteiger partial charge on any atom is -0.544 e. The van der Waals surface area contributed by atoms with E-state index in [1.807, 2.05) is 6.92 Å². The van der Waals surface area contributed by atoms with Crippen LogP contribution in [0.15, 0.2) is 24.3 Å². The van der Waals surface area contributed by atoms with Crippen molar-refractivity contribution in [1.29, 1.82) is 0 Å². The van der Waals surface area contributed by atoms with Crippen LogP contribution in [0.25, 0.3) is 0 Å². The van der Waals surface area contributed by atoms with E-state index in [4.69, 9.17) is 9.84 Å². The third-order valence-corrected chi connectivity index (χ3v) is 2.92. The van der Waals surface area contributed by atoms with Crippen LogP contribution < -0.4 is 20.5 Å². The minimum absolute atomic E-state index is 0.189. The summed E-state index contributed by atoms with van der Waals surface area (Å²) >= 11 is 0. The Morgan fingerprint density at radius 2 is 2.00 bits per heavy atom. The van der Waals surface area contributed by atoms with Gasteiger partial charge in [0.2, 0.25) is 5.91 Å². The van der Waals surface area contributed by atoms with Gasteiger partial charge >= 0.3 is 0 Å². The van der Waals surface area contributed by atoms with Crippen molar-refractivity contribution in [3.05, 3.63) is 24.3 Å². The molecule has 2 atom stereocenters. The lowest BCUT2D eigenvalue weighted by atomic mass is 10.2. The molecule has 0 heterocycles. The zero-order valence-electron chi connectivity index (χ0n) is 12.7. The highest BCUT2D eigenvalue weighted by molar-refractivity contribution is 5.93. The largest absolute Gasteiger partial charge is 0.544 e. The predicted molar refractivity (Wildman–Crippen MR) is 78.1 cm³/mol. The molecule has 0 saturated heterocycles. The Labute approximate surface area is 129 Å². The molecule has 0 saturated carbocycles. The van der Waals surface area contributed by atoms with Crippen molar-refractivity contribution >= 4 is 17.6 Å². The van der Waals surface area contributed by atoms with Crippen molar-refractivity contribution in [2.45, 2.75) is 32.4 Å². The first-order valence-corrected chi connectivity index (χ1v) is 7.17. The second-order valence-electron chi connectivity index (χ2n) is 4.96. The first-order chi connectivity index (χ1) is 10.4. The van der Waals surface area contributed by atoms with Crippen LogP contribution in [0.5, 0.6) is 5.75 Å². The van der Waals surface area contributed by atoms with Gasteiger partial charge in [-0.3, -0.25) is 4.79 Å². The fourth-order valence-electron chi connectivity index (χ4n) is 1.84. The van der Waals surface area contributed by atoms with Crippen LogP contribution in [0.2, 0.25) is 0 Å². The monoisotopic (exact) mass is 310 g/mol. The molecule has 1 amide bonds. The number of aliphatic carboxylic acids is 1. The summed E-state index contributed by atoms with van der Waals surface area (Å²) in [5.41, 5.74) is 0.557. The number of anilines is 1. The lowest BCUT2D eigenvalue weighted by Crippen LogP contribution is -2.94. The molecule has 0 unspecified atom stereocenters. The van der Waals surface area contributed by atoms with Gasteiger partial charge in [0.25, 0.3) is 0 Å². The van der Waals surface area contributed by atoms with Gasteiger partial charge in [-0.2, -0.15) is 0 Å². The number of amides is 1. The van der Waals surface area contributed by atoms with Crippen molar-refractivity contribution in [2.75, 3.05) is 18.5 Å². The Hall–Kier alpha value is -2.12. The SMILES string of the molecule is CCOc1ccc(NC(=O)C[C@@H]([NH2+]C[C@H](C)O)C(=O)[O-])cc1. The molecule has 4 N–H and O–H groups in total. The molecule has 0 bridgehead atoms. The molecule has 22 heavy (non-hydrogen) atoms. The van der Waals surface area contributed by atoms with Gasteiger partial charge in [-0.05, 0) is 38.1 Å². The maximum Gasteiger partial charge on any atom is 0.230 e. The van der Waals surface area contributed by atoms with E-state index in [1.54, 1.807) is 31.2 Å². The van der Waals surface area contributed by atoms with Gasteiger partial charge < -0.3 is 30.4 Å². The van der Waals surface area contributed by atoms with E-state index >= 15 is 0 Å². The summed E-state index contributed by atoms with van der Waals surface area (Å²) in [5, 5.41) is 24.2. The van der Waals surface area contributed by atoms with E-state index < -0.39 is 24.0 Å². The molecule has 0 spiro atoms. The van der Waals surface area contributed by atoms with E-state index in [9.17, 15) is 14.7 Å². The summed E-state index contributed by atoms with van der Waals surface area (Å²) < 4.78 is 5.29. The molecule has 0 aliphatic carbocycles.